The number of anilines is 1. The summed E-state index contributed by atoms with van der Waals surface area (Å²) in [5, 5.41) is 12.9. The highest BCUT2D eigenvalue weighted by atomic mass is 16.5. The van der Waals surface area contributed by atoms with Crippen LogP contribution in [0.4, 0.5) is 5.69 Å². The smallest absolute Gasteiger partial charge is 0.423 e. The number of rotatable bonds is 3. The molecule has 0 unspecified atom stereocenters. The van der Waals surface area contributed by atoms with E-state index >= 15 is 0 Å². The van der Waals surface area contributed by atoms with Crippen molar-refractivity contribution >= 4 is 24.2 Å². The zero-order valence-electron chi connectivity index (χ0n) is 12.8. The van der Waals surface area contributed by atoms with E-state index in [0.29, 0.717) is 5.69 Å². The molecular weight excluding hydrogens is 253 g/mol. The van der Waals surface area contributed by atoms with E-state index in [1.807, 2.05) is 46.8 Å². The molecule has 0 aliphatic carbocycles. The first kappa shape index (κ1) is 15.1. The van der Waals surface area contributed by atoms with Gasteiger partial charge in [-0.1, -0.05) is 26.8 Å². The van der Waals surface area contributed by atoms with Gasteiger partial charge in [0.05, 0.1) is 5.60 Å². The number of carbonyl (C=O) groups excluding carboxylic acids is 1. The molecule has 0 radical (unpaired) electrons. The van der Waals surface area contributed by atoms with Gasteiger partial charge in [0.15, 0.2) is 0 Å². The molecule has 0 atom stereocenters. The lowest BCUT2D eigenvalue weighted by molar-refractivity contribution is -0.124. The Kier molecular flexibility index (Phi) is 3.69. The van der Waals surface area contributed by atoms with Gasteiger partial charge < -0.3 is 15.0 Å². The molecule has 1 heterocycles. The third-order valence-corrected chi connectivity index (χ3v) is 4.13. The summed E-state index contributed by atoms with van der Waals surface area (Å²) in [6, 6.07) is 5.55. The zero-order valence-corrected chi connectivity index (χ0v) is 12.8. The van der Waals surface area contributed by atoms with Gasteiger partial charge in [-0.3, -0.25) is 4.79 Å². The van der Waals surface area contributed by atoms with Crippen molar-refractivity contribution in [2.45, 2.75) is 46.6 Å². The predicted molar refractivity (Wildman–Crippen MR) is 80.9 cm³/mol. The van der Waals surface area contributed by atoms with Crippen LogP contribution in [-0.4, -0.2) is 18.0 Å². The van der Waals surface area contributed by atoms with Crippen molar-refractivity contribution in [3.8, 4) is 0 Å². The minimum Gasteiger partial charge on any atom is -0.423 e. The van der Waals surface area contributed by atoms with E-state index in [-0.39, 0.29) is 5.91 Å². The summed E-state index contributed by atoms with van der Waals surface area (Å²) in [5.41, 5.74) is 1.46. The minimum absolute atomic E-state index is 0.0207. The van der Waals surface area contributed by atoms with Crippen LogP contribution in [0, 0.1) is 5.41 Å². The number of hydrogen-bond acceptors (Lipinski definition) is 3. The largest absolute Gasteiger partial charge is 0.492 e. The van der Waals surface area contributed by atoms with E-state index in [2.05, 4.69) is 5.32 Å². The van der Waals surface area contributed by atoms with Gasteiger partial charge in [-0.05, 0) is 43.4 Å². The molecule has 1 aromatic rings. The van der Waals surface area contributed by atoms with Crippen LogP contribution in [0.15, 0.2) is 18.2 Å². The topological polar surface area (TPSA) is 58.6 Å². The molecule has 1 amide bonds. The number of carbonyl (C=O) groups is 1. The minimum atomic E-state index is -0.934. The zero-order chi connectivity index (χ0) is 15.1. The maximum absolute atomic E-state index is 12.2. The van der Waals surface area contributed by atoms with Gasteiger partial charge in [-0.25, -0.2) is 0 Å². The van der Waals surface area contributed by atoms with Gasteiger partial charge in [0.2, 0.25) is 5.91 Å². The van der Waals surface area contributed by atoms with Crippen LogP contribution in [0.3, 0.4) is 0 Å². The van der Waals surface area contributed by atoms with Crippen molar-refractivity contribution in [1.82, 2.24) is 0 Å². The molecule has 1 aliphatic heterocycles. The second-order valence-electron chi connectivity index (χ2n) is 6.47. The van der Waals surface area contributed by atoms with E-state index in [9.17, 15) is 9.82 Å². The average molecular weight is 275 g/mol. The summed E-state index contributed by atoms with van der Waals surface area (Å²) >= 11 is 0. The molecule has 0 spiro atoms. The molecule has 1 aromatic carbocycles. The van der Waals surface area contributed by atoms with Gasteiger partial charge in [0.1, 0.15) is 0 Å². The molecule has 0 bridgehead atoms. The summed E-state index contributed by atoms with van der Waals surface area (Å²) in [6.07, 6.45) is 0.766. The van der Waals surface area contributed by atoms with Gasteiger partial charge in [0, 0.05) is 11.1 Å². The van der Waals surface area contributed by atoms with Crippen LogP contribution in [0.2, 0.25) is 0 Å². The highest BCUT2D eigenvalue weighted by Crippen LogP contribution is 2.31. The number of fused-ring (bicyclic) bond motifs is 1. The molecule has 0 saturated heterocycles. The number of hydrogen-bond donors (Lipinski definition) is 2. The van der Waals surface area contributed by atoms with Crippen LogP contribution in [-0.2, 0) is 15.0 Å². The average Bonchev–Trinajstić information content (AvgIpc) is 2.59. The molecule has 108 valence electrons. The highest BCUT2D eigenvalue weighted by molar-refractivity contribution is 6.62. The Morgan fingerprint density at radius 1 is 1.45 bits per heavy atom. The SMILES string of the molecule is CCC(C)(C)C(=O)Nc1ccc2c(c1)B(O)OC2(C)C. The van der Waals surface area contributed by atoms with Crippen LogP contribution in [0.25, 0.3) is 0 Å². The first-order chi connectivity index (χ1) is 9.17. The Labute approximate surface area is 120 Å². The monoisotopic (exact) mass is 275 g/mol. The van der Waals surface area contributed by atoms with E-state index in [0.717, 1.165) is 17.4 Å². The van der Waals surface area contributed by atoms with Gasteiger partial charge in [0.25, 0.3) is 0 Å². The molecule has 0 fully saturated rings. The maximum atomic E-state index is 12.2. The molecule has 2 rings (SSSR count). The van der Waals surface area contributed by atoms with Crippen molar-refractivity contribution in [1.29, 1.82) is 0 Å². The van der Waals surface area contributed by atoms with E-state index in [1.54, 1.807) is 6.07 Å². The van der Waals surface area contributed by atoms with Crippen molar-refractivity contribution in [2.75, 3.05) is 5.32 Å². The summed E-state index contributed by atoms with van der Waals surface area (Å²) < 4.78 is 5.51. The Hall–Kier alpha value is -1.33. The molecule has 4 nitrogen and oxygen atoms in total. The number of amides is 1. The third-order valence-electron chi connectivity index (χ3n) is 4.13. The predicted octanol–water partition coefficient (Wildman–Crippen LogP) is 2.01. The van der Waals surface area contributed by atoms with Crippen molar-refractivity contribution in [3.63, 3.8) is 0 Å². The van der Waals surface area contributed by atoms with E-state index in [4.69, 9.17) is 4.65 Å². The lowest BCUT2D eigenvalue weighted by atomic mass is 9.78. The molecular formula is C15H22BNO3. The third kappa shape index (κ3) is 2.60. The molecule has 5 heteroatoms. The van der Waals surface area contributed by atoms with E-state index in [1.165, 1.54) is 0 Å². The standard InChI is InChI=1S/C15H22BNO3/c1-6-14(2,3)13(18)17-10-7-8-11-12(9-10)16(19)20-15(11,4)5/h7-9,19H,6H2,1-5H3,(H,17,18). The van der Waals surface area contributed by atoms with Crippen LogP contribution < -0.4 is 10.8 Å². The maximum Gasteiger partial charge on any atom is 0.492 e. The number of benzene rings is 1. The summed E-state index contributed by atoms with van der Waals surface area (Å²) in [5.74, 6) is -0.0207. The fourth-order valence-electron chi connectivity index (χ4n) is 2.26. The quantitative estimate of drug-likeness (QED) is 0.830. The van der Waals surface area contributed by atoms with Gasteiger partial charge in [-0.15, -0.1) is 0 Å². The normalized spacial score (nSPS) is 17.0. The summed E-state index contributed by atoms with van der Waals surface area (Å²) in [6.45, 7) is 9.65. The van der Waals surface area contributed by atoms with Crippen molar-refractivity contribution in [3.05, 3.63) is 23.8 Å². The lowest BCUT2D eigenvalue weighted by Gasteiger charge is -2.22. The van der Waals surface area contributed by atoms with Crippen LogP contribution in [0.1, 0.15) is 46.6 Å². The van der Waals surface area contributed by atoms with Gasteiger partial charge in [-0.2, -0.15) is 0 Å². The van der Waals surface area contributed by atoms with Crippen LogP contribution >= 0.6 is 0 Å². The highest BCUT2D eigenvalue weighted by Gasteiger charge is 2.40. The van der Waals surface area contributed by atoms with Crippen molar-refractivity contribution < 1.29 is 14.5 Å². The van der Waals surface area contributed by atoms with Gasteiger partial charge >= 0.3 is 7.12 Å². The molecule has 0 aromatic heterocycles. The fraction of sp³-hybridized carbons (Fsp3) is 0.533. The summed E-state index contributed by atoms with van der Waals surface area (Å²) in [7, 11) is -0.934. The lowest BCUT2D eigenvalue weighted by Crippen LogP contribution is -2.32. The second-order valence-corrected chi connectivity index (χ2v) is 6.47. The number of nitrogens with one attached hydrogen (secondary N) is 1. The Bertz CT molecular complexity index is 540. The molecule has 20 heavy (non-hydrogen) atoms. The van der Waals surface area contributed by atoms with Crippen molar-refractivity contribution in [2.24, 2.45) is 5.41 Å². The van der Waals surface area contributed by atoms with Crippen LogP contribution in [0.5, 0.6) is 0 Å². The second kappa shape index (κ2) is 4.90. The molecule has 1 aliphatic rings. The first-order valence-electron chi connectivity index (χ1n) is 6.99. The summed E-state index contributed by atoms with van der Waals surface area (Å²) in [4.78, 5) is 12.2. The fourth-order valence-corrected chi connectivity index (χ4v) is 2.26. The molecule has 0 saturated carbocycles. The Morgan fingerprint density at radius 2 is 2.10 bits per heavy atom. The Morgan fingerprint density at radius 3 is 2.70 bits per heavy atom. The Balaban J connectivity index is 2.26. The van der Waals surface area contributed by atoms with E-state index < -0.39 is 18.1 Å². The first-order valence-corrected chi connectivity index (χ1v) is 6.99. The molecule has 2 N–H and O–H groups in total.